The molecule has 138 valence electrons. The van der Waals surface area contributed by atoms with E-state index in [0.29, 0.717) is 6.07 Å². The smallest absolute Gasteiger partial charge is 0.405 e. The zero-order valence-corrected chi connectivity index (χ0v) is 14.0. The van der Waals surface area contributed by atoms with Gasteiger partial charge in [-0.1, -0.05) is 20.8 Å². The molecule has 0 aromatic heterocycles. The fourth-order valence-electron chi connectivity index (χ4n) is 1.84. The van der Waals surface area contributed by atoms with Crippen LogP contribution in [0.25, 0.3) is 0 Å². The number of nitro benzene ring substituents is 1. The topological polar surface area (TPSA) is 145 Å². The average molecular weight is 357 g/mol. The molecule has 2 atom stereocenters. The lowest BCUT2D eigenvalue weighted by molar-refractivity contribution is -0.385. The van der Waals surface area contributed by atoms with E-state index >= 15 is 0 Å². The summed E-state index contributed by atoms with van der Waals surface area (Å²) in [5.41, 5.74) is 3.50. The quantitative estimate of drug-likeness (QED) is 0.524. The highest BCUT2D eigenvalue weighted by molar-refractivity contribution is 5.95. The molecule has 4 N–H and O–H groups in total. The second-order valence-electron chi connectivity index (χ2n) is 6.45. The van der Waals surface area contributed by atoms with Gasteiger partial charge in [-0.2, -0.15) is 0 Å². The maximum atomic E-state index is 13.8. The molecule has 0 aliphatic heterocycles. The molecule has 10 heteroatoms. The molecule has 1 rings (SSSR count). The molecule has 0 aliphatic rings. The number of carbonyl (C=O) groups excluding carboxylic acids is 2. The number of nitrogens with one attached hydrogen (secondary N) is 1. The molecule has 9 nitrogen and oxygen atoms in total. The highest BCUT2D eigenvalue weighted by Gasteiger charge is 2.31. The predicted molar refractivity (Wildman–Crippen MR) is 86.2 cm³/mol. The first-order valence-corrected chi connectivity index (χ1v) is 7.30. The summed E-state index contributed by atoms with van der Waals surface area (Å²) >= 11 is 0. The van der Waals surface area contributed by atoms with E-state index in [2.05, 4.69) is 10.1 Å². The number of halogens is 1. The molecule has 0 aliphatic carbocycles. The molecule has 2 amide bonds. The van der Waals surface area contributed by atoms with Gasteiger partial charge >= 0.3 is 6.09 Å². The number of amides is 2. The van der Waals surface area contributed by atoms with Crippen molar-refractivity contribution in [2.45, 2.75) is 39.4 Å². The lowest BCUT2D eigenvalue weighted by Gasteiger charge is -2.28. The Morgan fingerprint density at radius 2 is 2.04 bits per heavy atom. The second-order valence-corrected chi connectivity index (χ2v) is 6.45. The lowest BCUT2D eigenvalue weighted by atomic mass is 9.86. The first-order valence-electron chi connectivity index (χ1n) is 7.30. The molecule has 0 heterocycles. The number of aliphatic hydroxyl groups excluding tert-OH is 1. The number of ether oxygens (including phenoxy) is 1. The summed E-state index contributed by atoms with van der Waals surface area (Å²) in [6.07, 6.45) is -3.96. The van der Waals surface area contributed by atoms with E-state index in [-0.39, 0.29) is 12.1 Å². The van der Waals surface area contributed by atoms with Crippen molar-refractivity contribution in [3.8, 4) is 0 Å². The monoisotopic (exact) mass is 357 g/mol. The van der Waals surface area contributed by atoms with Gasteiger partial charge in [0.05, 0.1) is 22.8 Å². The largest absolute Gasteiger partial charge is 0.436 e. The van der Waals surface area contributed by atoms with Crippen LogP contribution in [0.5, 0.6) is 0 Å². The zero-order valence-electron chi connectivity index (χ0n) is 14.0. The van der Waals surface area contributed by atoms with E-state index in [9.17, 15) is 29.2 Å². The summed E-state index contributed by atoms with van der Waals surface area (Å²) in [4.78, 5) is 33.0. The van der Waals surface area contributed by atoms with Crippen molar-refractivity contribution >= 4 is 23.4 Å². The number of benzene rings is 1. The first-order chi connectivity index (χ1) is 11.4. The SMILES string of the molecule is CC(C)(C)C(O)C[C@H](OC(N)=O)C(=O)Nc1ccc([N+](=O)[O-])cc1F. The molecule has 1 aromatic carbocycles. The van der Waals surface area contributed by atoms with Crippen LogP contribution in [0.3, 0.4) is 0 Å². The minimum atomic E-state index is -1.46. The summed E-state index contributed by atoms with van der Waals surface area (Å²) in [5, 5.41) is 22.8. The maximum Gasteiger partial charge on any atom is 0.405 e. The average Bonchev–Trinajstić information content (AvgIpc) is 2.46. The Balaban J connectivity index is 2.95. The Morgan fingerprint density at radius 3 is 2.48 bits per heavy atom. The van der Waals surface area contributed by atoms with Crippen LogP contribution in [0.15, 0.2) is 18.2 Å². The Labute approximate surface area is 143 Å². The van der Waals surface area contributed by atoms with E-state index < -0.39 is 46.1 Å². The Kier molecular flexibility index (Phi) is 6.40. The number of primary amides is 1. The van der Waals surface area contributed by atoms with Crippen LogP contribution < -0.4 is 11.1 Å². The third kappa shape index (κ3) is 5.99. The summed E-state index contributed by atoms with van der Waals surface area (Å²) < 4.78 is 18.5. The van der Waals surface area contributed by atoms with Crippen LogP contribution in [-0.2, 0) is 9.53 Å². The molecule has 0 bridgehead atoms. The van der Waals surface area contributed by atoms with Gasteiger partial charge in [0.2, 0.25) is 0 Å². The van der Waals surface area contributed by atoms with Crippen LogP contribution in [0, 0.1) is 21.3 Å². The van der Waals surface area contributed by atoms with Crippen LogP contribution in [0.2, 0.25) is 0 Å². The van der Waals surface area contributed by atoms with E-state index in [1.807, 2.05) is 0 Å². The third-order valence-electron chi connectivity index (χ3n) is 3.41. The summed E-state index contributed by atoms with van der Waals surface area (Å²) in [6.45, 7) is 5.15. The summed E-state index contributed by atoms with van der Waals surface area (Å²) in [7, 11) is 0. The van der Waals surface area contributed by atoms with Crippen molar-refractivity contribution in [1.29, 1.82) is 0 Å². The maximum absolute atomic E-state index is 13.8. The van der Waals surface area contributed by atoms with E-state index in [0.717, 1.165) is 12.1 Å². The molecular formula is C15H20FN3O6. The second kappa shape index (κ2) is 7.88. The van der Waals surface area contributed by atoms with E-state index in [1.165, 1.54) is 0 Å². The van der Waals surface area contributed by atoms with Crippen molar-refractivity contribution in [2.75, 3.05) is 5.32 Å². The molecular weight excluding hydrogens is 337 g/mol. The number of hydrogen-bond donors (Lipinski definition) is 3. The number of anilines is 1. The fraction of sp³-hybridized carbons (Fsp3) is 0.467. The minimum absolute atomic E-state index is 0.257. The first kappa shape index (κ1) is 20.3. The highest BCUT2D eigenvalue weighted by atomic mass is 19.1. The van der Waals surface area contributed by atoms with Gasteiger partial charge in [-0.15, -0.1) is 0 Å². The van der Waals surface area contributed by atoms with Gasteiger partial charge in [0.1, 0.15) is 0 Å². The number of nitrogens with zero attached hydrogens (tertiary/aromatic N) is 1. The van der Waals surface area contributed by atoms with Crippen LogP contribution >= 0.6 is 0 Å². The van der Waals surface area contributed by atoms with Gasteiger partial charge in [-0.25, -0.2) is 9.18 Å². The van der Waals surface area contributed by atoms with Gasteiger partial charge < -0.3 is 20.9 Å². The normalized spacial score (nSPS) is 13.6. The van der Waals surface area contributed by atoms with E-state index in [4.69, 9.17) is 5.73 Å². The van der Waals surface area contributed by atoms with Gasteiger partial charge in [0, 0.05) is 12.5 Å². The molecule has 0 saturated heterocycles. The van der Waals surface area contributed by atoms with Gasteiger partial charge in [-0.3, -0.25) is 14.9 Å². The van der Waals surface area contributed by atoms with Gasteiger partial charge in [0.15, 0.2) is 11.9 Å². The summed E-state index contributed by atoms with van der Waals surface area (Å²) in [6, 6.07) is 2.66. The van der Waals surface area contributed by atoms with Crippen LogP contribution in [0.4, 0.5) is 20.6 Å². The van der Waals surface area contributed by atoms with Gasteiger partial charge in [-0.05, 0) is 11.5 Å². The Hall–Kier alpha value is -2.75. The number of hydrogen-bond acceptors (Lipinski definition) is 6. The number of carbonyl (C=O) groups is 2. The molecule has 0 radical (unpaired) electrons. The number of rotatable bonds is 6. The molecule has 0 fully saturated rings. The standard InChI is InChI=1S/C15H20FN3O6/c1-15(2,3)12(20)7-11(25-14(17)22)13(21)18-10-5-4-8(19(23)24)6-9(10)16/h4-6,11-12,20H,7H2,1-3H3,(H2,17,22)(H,18,21)/t11-,12?/m0/s1. The number of non-ortho nitro benzene ring substituents is 1. The molecule has 1 aromatic rings. The van der Waals surface area contributed by atoms with Crippen molar-refractivity contribution in [2.24, 2.45) is 11.1 Å². The number of nitrogens with two attached hydrogens (primary N) is 1. The zero-order chi connectivity index (χ0) is 19.4. The Bertz CT molecular complexity index is 674. The number of aliphatic hydroxyl groups is 1. The molecule has 0 spiro atoms. The highest BCUT2D eigenvalue weighted by Crippen LogP contribution is 2.25. The predicted octanol–water partition coefficient (Wildman–Crippen LogP) is 1.93. The molecule has 0 saturated carbocycles. The van der Waals surface area contributed by atoms with Crippen molar-refractivity contribution in [3.63, 3.8) is 0 Å². The van der Waals surface area contributed by atoms with E-state index in [1.54, 1.807) is 20.8 Å². The van der Waals surface area contributed by atoms with Crippen molar-refractivity contribution in [1.82, 2.24) is 0 Å². The Morgan fingerprint density at radius 1 is 1.44 bits per heavy atom. The van der Waals surface area contributed by atoms with Gasteiger partial charge in [0.25, 0.3) is 11.6 Å². The fourth-order valence-corrected chi connectivity index (χ4v) is 1.84. The van der Waals surface area contributed by atoms with Crippen molar-refractivity contribution in [3.05, 3.63) is 34.1 Å². The molecule has 1 unspecified atom stereocenters. The molecule has 25 heavy (non-hydrogen) atoms. The van der Waals surface area contributed by atoms with Crippen molar-refractivity contribution < 1.29 is 28.7 Å². The van der Waals surface area contributed by atoms with Crippen LogP contribution in [0.1, 0.15) is 27.2 Å². The number of nitro groups is 1. The summed E-state index contributed by atoms with van der Waals surface area (Å²) in [5.74, 6) is -1.95. The lowest BCUT2D eigenvalue weighted by Crippen LogP contribution is -2.40. The van der Waals surface area contributed by atoms with Crippen LogP contribution in [-0.4, -0.2) is 34.2 Å². The third-order valence-corrected chi connectivity index (χ3v) is 3.41. The minimum Gasteiger partial charge on any atom is -0.436 e.